The minimum Gasteiger partial charge on any atom is -0.508 e. The van der Waals surface area contributed by atoms with Crippen LogP contribution in [0.3, 0.4) is 0 Å². The average Bonchev–Trinajstić information content (AvgIpc) is 2.62. The van der Waals surface area contributed by atoms with Gasteiger partial charge in [-0.1, -0.05) is 51.0 Å². The Morgan fingerprint density at radius 1 is 0.962 bits per heavy atom. The molecule has 1 unspecified atom stereocenters. The summed E-state index contributed by atoms with van der Waals surface area (Å²) in [6, 6.07) is 6.85. The van der Waals surface area contributed by atoms with E-state index in [0.29, 0.717) is 12.8 Å². The largest absolute Gasteiger partial charge is 0.508 e. The lowest BCUT2D eigenvalue weighted by molar-refractivity contribution is -0.143. The second-order valence-corrected chi connectivity index (χ2v) is 6.13. The third-order valence-corrected chi connectivity index (χ3v) is 4.10. The van der Waals surface area contributed by atoms with Gasteiger partial charge in [0, 0.05) is 6.42 Å². The third kappa shape index (κ3) is 9.06. The van der Waals surface area contributed by atoms with Crippen molar-refractivity contribution in [3.8, 4) is 5.75 Å². The number of esters is 2. The Morgan fingerprint density at radius 3 is 2.23 bits per heavy atom. The predicted octanol–water partition coefficient (Wildman–Crippen LogP) is 4.66. The van der Waals surface area contributed by atoms with Crippen LogP contribution in [0.15, 0.2) is 49.9 Å². The molecule has 1 aromatic rings. The Bertz CT molecular complexity index is 577. The Hall–Kier alpha value is -2.56. The summed E-state index contributed by atoms with van der Waals surface area (Å²) in [5.74, 6) is -0.558. The molecule has 0 saturated carbocycles. The molecule has 0 aliphatic heterocycles. The van der Waals surface area contributed by atoms with Crippen LogP contribution in [0.2, 0.25) is 0 Å². The Labute approximate surface area is 155 Å². The van der Waals surface area contributed by atoms with E-state index in [1.165, 1.54) is 0 Å². The van der Waals surface area contributed by atoms with E-state index in [9.17, 15) is 14.7 Å². The molecule has 0 aromatic heterocycles. The van der Waals surface area contributed by atoms with Crippen LogP contribution in [0.5, 0.6) is 5.75 Å². The average molecular weight is 360 g/mol. The highest BCUT2D eigenvalue weighted by molar-refractivity contribution is 5.73. The van der Waals surface area contributed by atoms with Crippen molar-refractivity contribution in [1.82, 2.24) is 0 Å². The number of carbonyl (C=O) groups is 2. The van der Waals surface area contributed by atoms with Crippen molar-refractivity contribution in [1.29, 1.82) is 0 Å². The fraction of sp³-hybridized carbons (Fsp3) is 0.429. The van der Waals surface area contributed by atoms with Gasteiger partial charge in [0.15, 0.2) is 0 Å². The number of benzene rings is 1. The number of phenols is 1. The van der Waals surface area contributed by atoms with E-state index < -0.39 is 0 Å². The summed E-state index contributed by atoms with van der Waals surface area (Å²) >= 11 is 0. The zero-order valence-corrected chi connectivity index (χ0v) is 15.2. The second-order valence-electron chi connectivity index (χ2n) is 6.13. The highest BCUT2D eigenvalue weighted by atomic mass is 16.5. The van der Waals surface area contributed by atoms with Crippen LogP contribution in [-0.4, -0.2) is 17.0 Å². The topological polar surface area (TPSA) is 72.8 Å². The van der Waals surface area contributed by atoms with Gasteiger partial charge in [0.25, 0.3) is 0 Å². The molecular weight excluding hydrogens is 332 g/mol. The minimum absolute atomic E-state index is 0.205. The number of phenolic OH excluding ortho intramolecular Hbond substituents is 1. The van der Waals surface area contributed by atoms with Gasteiger partial charge < -0.3 is 14.6 Å². The molecule has 0 fully saturated rings. The Balaban J connectivity index is 2.33. The smallest absolute Gasteiger partial charge is 0.314 e. The quantitative estimate of drug-likeness (QED) is 0.315. The van der Waals surface area contributed by atoms with Crippen molar-refractivity contribution in [2.45, 2.75) is 51.4 Å². The van der Waals surface area contributed by atoms with Crippen LogP contribution in [0.1, 0.15) is 50.5 Å². The number of rotatable bonds is 13. The van der Waals surface area contributed by atoms with Gasteiger partial charge >= 0.3 is 11.9 Å². The lowest BCUT2D eigenvalue weighted by atomic mass is 9.93. The summed E-state index contributed by atoms with van der Waals surface area (Å²) in [7, 11) is 0. The van der Waals surface area contributed by atoms with E-state index >= 15 is 0 Å². The van der Waals surface area contributed by atoms with Crippen LogP contribution in [0.4, 0.5) is 0 Å². The molecule has 0 bridgehead atoms. The number of ether oxygens (including phenoxy) is 2. The van der Waals surface area contributed by atoms with Crippen LogP contribution < -0.4 is 0 Å². The van der Waals surface area contributed by atoms with Crippen LogP contribution in [0, 0.1) is 5.92 Å². The molecule has 0 radical (unpaired) electrons. The van der Waals surface area contributed by atoms with Crippen molar-refractivity contribution >= 4 is 11.9 Å². The SMILES string of the molecule is C=COC(=O)CCCCCCCC(Cc1ccc(O)cc1)C(=O)OC=C. The molecule has 0 aliphatic rings. The standard InChI is InChI=1S/C21H28O5/c1-3-25-20(23)11-9-7-5-6-8-10-18(21(24)26-4-2)16-17-12-14-19(22)15-13-17/h3-4,12-15,18,22H,1-2,5-11,16H2. The van der Waals surface area contributed by atoms with E-state index in [4.69, 9.17) is 4.74 Å². The lowest BCUT2D eigenvalue weighted by Crippen LogP contribution is -2.18. The van der Waals surface area contributed by atoms with Gasteiger partial charge in [-0.05, 0) is 37.0 Å². The molecule has 0 aliphatic carbocycles. The lowest BCUT2D eigenvalue weighted by Gasteiger charge is -2.14. The zero-order chi connectivity index (χ0) is 19.2. The maximum Gasteiger partial charge on any atom is 0.314 e. The maximum absolute atomic E-state index is 12.1. The van der Waals surface area contributed by atoms with Crippen molar-refractivity contribution < 1.29 is 24.2 Å². The molecule has 1 N–H and O–H groups in total. The van der Waals surface area contributed by atoms with E-state index in [1.807, 2.05) is 12.1 Å². The van der Waals surface area contributed by atoms with Gasteiger partial charge in [-0.25, -0.2) is 0 Å². The minimum atomic E-state index is -0.278. The molecule has 0 spiro atoms. The van der Waals surface area contributed by atoms with E-state index in [-0.39, 0.29) is 23.6 Å². The van der Waals surface area contributed by atoms with Crippen molar-refractivity contribution in [2.24, 2.45) is 5.92 Å². The maximum atomic E-state index is 12.1. The fourth-order valence-corrected chi connectivity index (χ4v) is 2.74. The summed E-state index contributed by atoms with van der Waals surface area (Å²) in [6.45, 7) is 6.79. The van der Waals surface area contributed by atoms with Crippen LogP contribution in [-0.2, 0) is 25.5 Å². The van der Waals surface area contributed by atoms with E-state index in [2.05, 4.69) is 17.9 Å². The van der Waals surface area contributed by atoms with Gasteiger partial charge in [0.05, 0.1) is 18.4 Å². The Kier molecular flexibility index (Phi) is 10.5. The first-order valence-electron chi connectivity index (χ1n) is 8.96. The molecule has 1 aromatic carbocycles. The number of hydrogen-bond acceptors (Lipinski definition) is 5. The number of unbranched alkanes of at least 4 members (excludes halogenated alkanes) is 4. The third-order valence-electron chi connectivity index (χ3n) is 4.10. The molecule has 0 amide bonds. The molecule has 5 nitrogen and oxygen atoms in total. The summed E-state index contributed by atoms with van der Waals surface area (Å²) in [5, 5.41) is 9.35. The van der Waals surface area contributed by atoms with Gasteiger partial charge in [0.2, 0.25) is 0 Å². The molecule has 1 rings (SSSR count). The monoisotopic (exact) mass is 360 g/mol. The molecule has 0 saturated heterocycles. The highest BCUT2D eigenvalue weighted by Crippen LogP contribution is 2.20. The molecule has 0 heterocycles. The van der Waals surface area contributed by atoms with E-state index in [1.54, 1.807) is 12.1 Å². The summed E-state index contributed by atoms with van der Waals surface area (Å²) in [4.78, 5) is 23.3. The molecule has 5 heteroatoms. The predicted molar refractivity (Wildman–Crippen MR) is 100 cm³/mol. The first kappa shape index (κ1) is 21.5. The second kappa shape index (κ2) is 12.8. The molecule has 142 valence electrons. The van der Waals surface area contributed by atoms with Gasteiger partial charge in [-0.3, -0.25) is 9.59 Å². The van der Waals surface area contributed by atoms with E-state index in [0.717, 1.165) is 56.6 Å². The highest BCUT2D eigenvalue weighted by Gasteiger charge is 2.19. The van der Waals surface area contributed by atoms with Crippen molar-refractivity contribution in [2.75, 3.05) is 0 Å². The molecule has 1 atom stereocenters. The first-order valence-corrected chi connectivity index (χ1v) is 8.96. The normalized spacial score (nSPS) is 11.4. The van der Waals surface area contributed by atoms with Crippen LogP contribution in [0.25, 0.3) is 0 Å². The molecular formula is C21H28O5. The fourth-order valence-electron chi connectivity index (χ4n) is 2.74. The Morgan fingerprint density at radius 2 is 1.58 bits per heavy atom. The van der Waals surface area contributed by atoms with Gasteiger partial charge in [-0.15, -0.1) is 0 Å². The first-order chi connectivity index (χ1) is 12.6. The number of aromatic hydroxyl groups is 1. The van der Waals surface area contributed by atoms with Crippen LogP contribution >= 0.6 is 0 Å². The summed E-state index contributed by atoms with van der Waals surface area (Å²) < 4.78 is 9.63. The summed E-state index contributed by atoms with van der Waals surface area (Å²) in [6.07, 6.45) is 8.66. The summed E-state index contributed by atoms with van der Waals surface area (Å²) in [5.41, 5.74) is 0.981. The van der Waals surface area contributed by atoms with Gasteiger partial charge in [0.1, 0.15) is 5.75 Å². The molecule has 26 heavy (non-hydrogen) atoms. The zero-order valence-electron chi connectivity index (χ0n) is 15.2. The number of hydrogen-bond donors (Lipinski definition) is 1. The van der Waals surface area contributed by atoms with Gasteiger partial charge in [-0.2, -0.15) is 0 Å². The van der Waals surface area contributed by atoms with Crippen molar-refractivity contribution in [3.63, 3.8) is 0 Å². The van der Waals surface area contributed by atoms with Crippen molar-refractivity contribution in [3.05, 3.63) is 55.5 Å². The number of carbonyl (C=O) groups excluding carboxylic acids is 2.